The highest BCUT2D eigenvalue weighted by atomic mass is 19.1. The van der Waals surface area contributed by atoms with E-state index < -0.39 is 17.7 Å². The van der Waals surface area contributed by atoms with Crippen molar-refractivity contribution in [1.82, 2.24) is 29.7 Å². The third-order valence-electron chi connectivity index (χ3n) is 7.52. The van der Waals surface area contributed by atoms with Gasteiger partial charge in [0.15, 0.2) is 0 Å². The van der Waals surface area contributed by atoms with Gasteiger partial charge in [0, 0.05) is 69.3 Å². The van der Waals surface area contributed by atoms with Gasteiger partial charge >= 0.3 is 0 Å². The minimum atomic E-state index is -0.649. The number of aromatic nitrogens is 3. The molecule has 1 atom stereocenters. The molecule has 4 heterocycles. The number of nitrogens with zero attached hydrogens (tertiary/aromatic N) is 5. The van der Waals surface area contributed by atoms with Crippen LogP contribution in [0.1, 0.15) is 24.2 Å². The summed E-state index contributed by atoms with van der Waals surface area (Å²) in [5.41, 5.74) is 2.96. The van der Waals surface area contributed by atoms with Crippen LogP contribution in [0.15, 0.2) is 54.9 Å². The van der Waals surface area contributed by atoms with Crippen molar-refractivity contribution < 1.29 is 13.5 Å². The molecule has 0 saturated carbocycles. The Balaban J connectivity index is 1.21. The fourth-order valence-corrected chi connectivity index (χ4v) is 5.35. The van der Waals surface area contributed by atoms with Gasteiger partial charge < -0.3 is 24.8 Å². The molecule has 2 aliphatic rings. The highest BCUT2D eigenvalue weighted by Gasteiger charge is 2.24. The van der Waals surface area contributed by atoms with Gasteiger partial charge in [-0.05, 0) is 42.4 Å². The van der Waals surface area contributed by atoms with E-state index in [4.69, 9.17) is 4.74 Å². The molecule has 0 spiro atoms. The van der Waals surface area contributed by atoms with Crippen molar-refractivity contribution in [3.63, 3.8) is 0 Å². The van der Waals surface area contributed by atoms with Crippen LogP contribution in [0.5, 0.6) is 0 Å². The van der Waals surface area contributed by atoms with Gasteiger partial charge in [0.25, 0.3) is 0 Å². The lowest BCUT2D eigenvalue weighted by Crippen LogP contribution is -2.45. The summed E-state index contributed by atoms with van der Waals surface area (Å²) in [6.07, 6.45) is 2.80. The fourth-order valence-electron chi connectivity index (χ4n) is 5.35. The van der Waals surface area contributed by atoms with E-state index in [0.717, 1.165) is 50.3 Å². The van der Waals surface area contributed by atoms with Gasteiger partial charge in [-0.2, -0.15) is 4.98 Å². The van der Waals surface area contributed by atoms with Crippen LogP contribution >= 0.6 is 0 Å². The molecule has 2 saturated heterocycles. The molecular formula is C29H33F2N7O. The van der Waals surface area contributed by atoms with Crippen LogP contribution in [-0.2, 0) is 11.3 Å². The number of halogens is 2. The van der Waals surface area contributed by atoms with E-state index in [1.54, 1.807) is 17.0 Å². The first-order chi connectivity index (χ1) is 19.1. The number of rotatable bonds is 7. The van der Waals surface area contributed by atoms with E-state index in [0.29, 0.717) is 37.0 Å². The highest BCUT2D eigenvalue weighted by Crippen LogP contribution is 2.29. The number of piperazine rings is 1. The molecule has 2 N–H and O–H groups in total. The molecule has 0 aliphatic carbocycles. The van der Waals surface area contributed by atoms with Gasteiger partial charge in [0.1, 0.15) is 23.4 Å². The zero-order valence-corrected chi connectivity index (χ0v) is 22.0. The Kier molecular flexibility index (Phi) is 7.51. The molecule has 2 aromatic heterocycles. The number of likely N-dealkylation sites (N-methyl/N-ethyl adjacent to an activating group) is 1. The zero-order valence-electron chi connectivity index (χ0n) is 22.0. The Morgan fingerprint density at radius 3 is 2.59 bits per heavy atom. The molecule has 0 bridgehead atoms. The number of hydrogen-bond donors (Lipinski definition) is 2. The molecule has 10 heteroatoms. The van der Waals surface area contributed by atoms with Crippen molar-refractivity contribution in [2.75, 3.05) is 57.7 Å². The van der Waals surface area contributed by atoms with Crippen LogP contribution in [0, 0.1) is 11.6 Å². The second-order valence-electron chi connectivity index (χ2n) is 10.1. The monoisotopic (exact) mass is 533 g/mol. The summed E-state index contributed by atoms with van der Waals surface area (Å²) in [6.45, 7) is 9.99. The number of ether oxygens (including phenoxy) is 1. The van der Waals surface area contributed by atoms with Crippen LogP contribution in [0.2, 0.25) is 0 Å². The molecule has 4 aromatic rings. The van der Waals surface area contributed by atoms with Crippen molar-refractivity contribution in [3.05, 3.63) is 77.6 Å². The van der Waals surface area contributed by atoms with E-state index >= 15 is 8.78 Å². The first-order valence-electron chi connectivity index (χ1n) is 13.5. The maximum atomic E-state index is 15.1. The number of fused-ring (bicyclic) bond motifs is 1. The van der Waals surface area contributed by atoms with Gasteiger partial charge in [-0.1, -0.05) is 19.1 Å². The average Bonchev–Trinajstić information content (AvgIpc) is 3.37. The van der Waals surface area contributed by atoms with Crippen LogP contribution < -0.4 is 10.6 Å². The summed E-state index contributed by atoms with van der Waals surface area (Å²) in [4.78, 5) is 14.1. The molecule has 39 heavy (non-hydrogen) atoms. The minimum Gasteiger partial charge on any atom is -0.371 e. The molecule has 2 fully saturated rings. The minimum absolute atomic E-state index is 0.0495. The summed E-state index contributed by atoms with van der Waals surface area (Å²) in [6, 6.07) is 12.7. The topological polar surface area (TPSA) is 70.5 Å². The number of hydrogen-bond acceptors (Lipinski definition) is 7. The summed E-state index contributed by atoms with van der Waals surface area (Å²) in [5, 5.41) is 7.18. The second-order valence-corrected chi connectivity index (χ2v) is 10.1. The SMILES string of the molecule is CCN1CCN(Cc2cccc(Nc3ncc4ccn(-c5cc(F)c(C6CNCCO6)c(F)c5)c4n3)c2)CC1. The van der Waals surface area contributed by atoms with E-state index in [2.05, 4.69) is 49.5 Å². The number of benzene rings is 2. The molecule has 0 amide bonds. The predicted octanol–water partition coefficient (Wildman–Crippen LogP) is 4.24. The van der Waals surface area contributed by atoms with Gasteiger partial charge in [0.2, 0.25) is 5.95 Å². The lowest BCUT2D eigenvalue weighted by Gasteiger charge is -2.34. The smallest absolute Gasteiger partial charge is 0.229 e. The van der Waals surface area contributed by atoms with Crippen molar-refractivity contribution in [2.24, 2.45) is 0 Å². The Labute approximate surface area is 226 Å². The first-order valence-corrected chi connectivity index (χ1v) is 13.5. The molecule has 6 rings (SSSR count). The first kappa shape index (κ1) is 25.8. The van der Waals surface area contributed by atoms with Gasteiger partial charge in [-0.15, -0.1) is 0 Å². The second kappa shape index (κ2) is 11.4. The van der Waals surface area contributed by atoms with Gasteiger partial charge in [0.05, 0.1) is 17.9 Å². The van der Waals surface area contributed by atoms with E-state index in [1.165, 1.54) is 17.7 Å². The highest BCUT2D eigenvalue weighted by molar-refractivity contribution is 5.78. The van der Waals surface area contributed by atoms with Crippen LogP contribution in [0.25, 0.3) is 16.7 Å². The third-order valence-corrected chi connectivity index (χ3v) is 7.52. The van der Waals surface area contributed by atoms with Gasteiger partial charge in [-0.25, -0.2) is 13.8 Å². The molecule has 2 aromatic carbocycles. The largest absolute Gasteiger partial charge is 0.371 e. The molecule has 8 nitrogen and oxygen atoms in total. The normalized spacial score (nSPS) is 19.0. The number of nitrogens with one attached hydrogen (secondary N) is 2. The van der Waals surface area contributed by atoms with E-state index in [-0.39, 0.29) is 5.56 Å². The number of morpholine rings is 1. The zero-order chi connectivity index (χ0) is 26.8. The Bertz CT molecular complexity index is 1420. The van der Waals surface area contributed by atoms with Crippen molar-refractivity contribution in [3.8, 4) is 5.69 Å². The standard InChI is InChI=1S/C29H33F2N7O/c1-2-36-9-11-37(12-10-36)19-20-4-3-5-22(14-20)34-29-33-17-21-6-8-38(28(21)35-29)23-15-24(30)27(25(31)16-23)26-18-32-7-13-39-26/h3-6,8,14-17,26,32H,2,7,9-13,18-19H2,1H3,(H,33,34,35). The molecule has 204 valence electrons. The molecular weight excluding hydrogens is 500 g/mol. The summed E-state index contributed by atoms with van der Waals surface area (Å²) in [5.74, 6) is -0.864. The average molecular weight is 534 g/mol. The lowest BCUT2D eigenvalue weighted by molar-refractivity contribution is 0.0232. The summed E-state index contributed by atoms with van der Waals surface area (Å²) in [7, 11) is 0. The Morgan fingerprint density at radius 2 is 1.85 bits per heavy atom. The van der Waals surface area contributed by atoms with E-state index in [9.17, 15) is 0 Å². The summed E-state index contributed by atoms with van der Waals surface area (Å²) < 4.78 is 37.4. The number of anilines is 2. The molecule has 1 unspecified atom stereocenters. The van der Waals surface area contributed by atoms with Crippen molar-refractivity contribution in [1.29, 1.82) is 0 Å². The van der Waals surface area contributed by atoms with Gasteiger partial charge in [-0.3, -0.25) is 4.90 Å². The maximum absolute atomic E-state index is 15.1. The van der Waals surface area contributed by atoms with E-state index in [1.807, 2.05) is 18.2 Å². The predicted molar refractivity (Wildman–Crippen MR) is 147 cm³/mol. The van der Waals surface area contributed by atoms with Crippen LogP contribution in [-0.4, -0.2) is 76.8 Å². The fraction of sp³-hybridized carbons (Fsp3) is 0.379. The summed E-state index contributed by atoms with van der Waals surface area (Å²) >= 11 is 0. The Morgan fingerprint density at radius 1 is 1.05 bits per heavy atom. The quantitative estimate of drug-likeness (QED) is 0.368. The van der Waals surface area contributed by atoms with Crippen LogP contribution in [0.4, 0.5) is 20.4 Å². The van der Waals surface area contributed by atoms with Crippen molar-refractivity contribution >= 4 is 22.7 Å². The van der Waals surface area contributed by atoms with Crippen LogP contribution in [0.3, 0.4) is 0 Å². The maximum Gasteiger partial charge on any atom is 0.229 e. The molecule has 2 aliphatic heterocycles. The lowest BCUT2D eigenvalue weighted by atomic mass is 10.1. The molecule has 0 radical (unpaired) electrons. The third kappa shape index (κ3) is 5.65. The Hall–Kier alpha value is -3.44. The van der Waals surface area contributed by atoms with Crippen molar-refractivity contribution in [2.45, 2.75) is 19.6 Å².